The molecule has 1 heterocycles. The number of nitrogens with two attached hydrogens (primary N) is 1. The van der Waals surface area contributed by atoms with E-state index in [1.165, 1.54) is 12.1 Å². The Hall–Kier alpha value is -1.31. The molecule has 0 saturated carbocycles. The second kappa shape index (κ2) is 7.11. The molecule has 114 valence electrons. The second-order valence-corrected chi connectivity index (χ2v) is 5.53. The third-order valence-corrected chi connectivity index (χ3v) is 3.97. The number of halogens is 2. The van der Waals surface area contributed by atoms with Crippen molar-refractivity contribution in [3.8, 4) is 11.5 Å². The number of rotatable bonds is 6. The second-order valence-electron chi connectivity index (χ2n) is 4.67. The minimum atomic E-state index is -0.361. The zero-order valence-electron chi connectivity index (χ0n) is 12.0. The van der Waals surface area contributed by atoms with Gasteiger partial charge in [-0.25, -0.2) is 4.39 Å². The van der Waals surface area contributed by atoms with Crippen molar-refractivity contribution in [1.82, 2.24) is 15.0 Å². The predicted molar refractivity (Wildman–Crippen MR) is 82.1 cm³/mol. The largest absolute Gasteiger partial charge is 0.334 e. The maximum Gasteiger partial charge on any atom is 0.259 e. The summed E-state index contributed by atoms with van der Waals surface area (Å²) in [7, 11) is 0. The molecule has 1 aromatic heterocycles. The van der Waals surface area contributed by atoms with Gasteiger partial charge in [0, 0.05) is 11.0 Å². The van der Waals surface area contributed by atoms with Crippen LogP contribution in [0.1, 0.15) is 25.7 Å². The molecular weight excluding hydrogens is 339 g/mol. The predicted octanol–water partition coefficient (Wildman–Crippen LogP) is 2.98. The molecule has 2 rings (SSSR count). The number of benzene rings is 1. The summed E-state index contributed by atoms with van der Waals surface area (Å²) in [6.07, 6.45) is 0. The molecule has 1 unspecified atom stereocenters. The van der Waals surface area contributed by atoms with E-state index in [0.717, 1.165) is 13.1 Å². The smallest absolute Gasteiger partial charge is 0.259 e. The molecule has 2 aromatic rings. The molecule has 0 spiro atoms. The highest BCUT2D eigenvalue weighted by atomic mass is 79.9. The summed E-state index contributed by atoms with van der Waals surface area (Å²) in [5.41, 5.74) is 6.61. The number of aromatic nitrogens is 2. The summed E-state index contributed by atoms with van der Waals surface area (Å²) in [5.74, 6) is 0.319. The van der Waals surface area contributed by atoms with Crippen LogP contribution in [0, 0.1) is 5.82 Å². The molecule has 21 heavy (non-hydrogen) atoms. The molecule has 0 aliphatic heterocycles. The number of nitrogens with zero attached hydrogens (tertiary/aromatic N) is 3. The van der Waals surface area contributed by atoms with Crippen LogP contribution in [0.5, 0.6) is 0 Å². The lowest BCUT2D eigenvalue weighted by atomic mass is 10.2. The molecule has 7 heteroatoms. The van der Waals surface area contributed by atoms with E-state index in [1.54, 1.807) is 6.07 Å². The van der Waals surface area contributed by atoms with Gasteiger partial charge in [-0.15, -0.1) is 0 Å². The molecule has 5 nitrogen and oxygen atoms in total. The highest BCUT2D eigenvalue weighted by Gasteiger charge is 2.18. The Morgan fingerprint density at radius 2 is 2.10 bits per heavy atom. The molecule has 0 radical (unpaired) electrons. The zero-order valence-corrected chi connectivity index (χ0v) is 13.6. The van der Waals surface area contributed by atoms with Gasteiger partial charge >= 0.3 is 0 Å². The maximum atomic E-state index is 13.3. The minimum Gasteiger partial charge on any atom is -0.334 e. The Bertz CT molecular complexity index is 600. The van der Waals surface area contributed by atoms with Gasteiger partial charge in [0.2, 0.25) is 0 Å². The van der Waals surface area contributed by atoms with Crippen LogP contribution >= 0.6 is 15.9 Å². The quantitative estimate of drug-likeness (QED) is 0.861. The van der Waals surface area contributed by atoms with Crippen molar-refractivity contribution in [3.63, 3.8) is 0 Å². The molecule has 2 N–H and O–H groups in total. The highest BCUT2D eigenvalue weighted by Crippen LogP contribution is 2.28. The van der Waals surface area contributed by atoms with Crippen LogP contribution in [0.4, 0.5) is 4.39 Å². The standard InChI is InChI=1S/C14H18BrFN4O/c1-3-20(4-2)8-12(17)13-18-14(21-19-13)10-7-9(16)5-6-11(10)15/h5-7,12H,3-4,8,17H2,1-2H3. The van der Waals surface area contributed by atoms with Crippen LogP contribution < -0.4 is 5.73 Å². The molecule has 1 aromatic carbocycles. The van der Waals surface area contributed by atoms with E-state index in [1.807, 2.05) is 0 Å². The molecule has 0 saturated heterocycles. The third-order valence-electron chi connectivity index (χ3n) is 3.28. The van der Waals surface area contributed by atoms with Crippen LogP contribution in [0.15, 0.2) is 27.2 Å². The first-order chi connectivity index (χ1) is 10.0. The van der Waals surface area contributed by atoms with Crippen LogP contribution in [-0.2, 0) is 0 Å². The highest BCUT2D eigenvalue weighted by molar-refractivity contribution is 9.10. The van der Waals surface area contributed by atoms with Gasteiger partial charge in [0.05, 0.1) is 11.6 Å². The van der Waals surface area contributed by atoms with Crippen molar-refractivity contribution in [2.45, 2.75) is 19.9 Å². The molecular formula is C14H18BrFN4O. The zero-order chi connectivity index (χ0) is 15.4. The van der Waals surface area contributed by atoms with Gasteiger partial charge in [0.25, 0.3) is 5.89 Å². The van der Waals surface area contributed by atoms with Crippen LogP contribution in [0.3, 0.4) is 0 Å². The minimum absolute atomic E-state index is 0.256. The SMILES string of the molecule is CCN(CC)CC(N)c1noc(-c2cc(F)ccc2Br)n1. The Balaban J connectivity index is 2.19. The van der Waals surface area contributed by atoms with Crippen LogP contribution in [0.2, 0.25) is 0 Å². The molecule has 0 aliphatic rings. The molecule has 0 fully saturated rings. The van der Waals surface area contributed by atoms with Crippen molar-refractivity contribution in [2.75, 3.05) is 19.6 Å². The first-order valence-corrected chi connectivity index (χ1v) is 7.61. The van der Waals surface area contributed by atoms with E-state index in [9.17, 15) is 4.39 Å². The fourth-order valence-electron chi connectivity index (χ4n) is 2.00. The third kappa shape index (κ3) is 3.87. The van der Waals surface area contributed by atoms with Gasteiger partial charge in [-0.1, -0.05) is 19.0 Å². The van der Waals surface area contributed by atoms with Gasteiger partial charge in [-0.3, -0.25) is 0 Å². The Kier molecular flexibility index (Phi) is 5.44. The summed E-state index contributed by atoms with van der Waals surface area (Å²) in [6.45, 7) is 6.61. The van der Waals surface area contributed by atoms with Gasteiger partial charge in [0.1, 0.15) is 5.82 Å². The van der Waals surface area contributed by atoms with Crippen LogP contribution in [0.25, 0.3) is 11.5 Å². The van der Waals surface area contributed by atoms with E-state index in [0.29, 0.717) is 22.4 Å². The summed E-state index contributed by atoms with van der Waals surface area (Å²) in [4.78, 5) is 6.46. The normalized spacial score (nSPS) is 12.9. The van der Waals surface area contributed by atoms with Crippen LogP contribution in [-0.4, -0.2) is 34.7 Å². The van der Waals surface area contributed by atoms with Crippen molar-refractivity contribution in [2.24, 2.45) is 5.73 Å². The molecule has 0 aliphatic carbocycles. The first kappa shape index (κ1) is 16.1. The maximum absolute atomic E-state index is 13.3. The average Bonchev–Trinajstić information content (AvgIpc) is 2.96. The van der Waals surface area contributed by atoms with Gasteiger partial charge < -0.3 is 15.2 Å². The Morgan fingerprint density at radius 3 is 2.76 bits per heavy atom. The van der Waals surface area contributed by atoms with E-state index >= 15 is 0 Å². The van der Waals surface area contributed by atoms with E-state index in [-0.39, 0.29) is 17.7 Å². The topological polar surface area (TPSA) is 68.2 Å². The molecule has 0 bridgehead atoms. The molecule has 1 atom stereocenters. The fourth-order valence-corrected chi connectivity index (χ4v) is 2.41. The Labute approximate surface area is 131 Å². The summed E-state index contributed by atoms with van der Waals surface area (Å²) in [5, 5.41) is 3.90. The first-order valence-electron chi connectivity index (χ1n) is 6.82. The monoisotopic (exact) mass is 356 g/mol. The number of hydrogen-bond acceptors (Lipinski definition) is 5. The number of hydrogen-bond donors (Lipinski definition) is 1. The lowest BCUT2D eigenvalue weighted by molar-refractivity contribution is 0.278. The van der Waals surface area contributed by atoms with E-state index in [4.69, 9.17) is 10.3 Å². The number of likely N-dealkylation sites (N-methyl/N-ethyl adjacent to an activating group) is 1. The van der Waals surface area contributed by atoms with Crippen molar-refractivity contribution >= 4 is 15.9 Å². The summed E-state index contributed by atoms with van der Waals surface area (Å²) >= 11 is 3.34. The van der Waals surface area contributed by atoms with Crippen molar-refractivity contribution < 1.29 is 8.91 Å². The lowest BCUT2D eigenvalue weighted by Crippen LogP contribution is -2.32. The van der Waals surface area contributed by atoms with E-state index < -0.39 is 0 Å². The van der Waals surface area contributed by atoms with Gasteiger partial charge in [0.15, 0.2) is 5.82 Å². The van der Waals surface area contributed by atoms with Gasteiger partial charge in [-0.05, 0) is 47.2 Å². The molecule has 0 amide bonds. The average molecular weight is 357 g/mol. The fraction of sp³-hybridized carbons (Fsp3) is 0.429. The van der Waals surface area contributed by atoms with Crippen molar-refractivity contribution in [3.05, 3.63) is 34.3 Å². The summed E-state index contributed by atoms with van der Waals surface area (Å²) < 4.78 is 19.2. The van der Waals surface area contributed by atoms with E-state index in [2.05, 4.69) is 44.8 Å². The van der Waals surface area contributed by atoms with Gasteiger partial charge in [-0.2, -0.15) is 4.98 Å². The Morgan fingerprint density at radius 1 is 1.38 bits per heavy atom. The van der Waals surface area contributed by atoms with Crippen molar-refractivity contribution in [1.29, 1.82) is 0 Å². The summed E-state index contributed by atoms with van der Waals surface area (Å²) in [6, 6.07) is 3.97. The lowest BCUT2D eigenvalue weighted by Gasteiger charge is -2.20.